The van der Waals surface area contributed by atoms with Gasteiger partial charge in [-0.05, 0) is 62.1 Å². The third kappa shape index (κ3) is 3.31. The van der Waals surface area contributed by atoms with Gasteiger partial charge in [-0.15, -0.1) is 0 Å². The highest BCUT2D eigenvalue weighted by atomic mass is 16.5. The Balaban J connectivity index is 1.42. The van der Waals surface area contributed by atoms with E-state index < -0.39 is 0 Å². The topological polar surface area (TPSA) is 56.9 Å². The molecule has 4 rings (SSSR count). The minimum absolute atomic E-state index is 0.712. The molecule has 3 heterocycles. The van der Waals surface area contributed by atoms with Crippen LogP contribution in [0.3, 0.4) is 0 Å². The minimum Gasteiger partial charge on any atom is -0.497 e. The van der Waals surface area contributed by atoms with Gasteiger partial charge in [0.25, 0.3) is 0 Å². The fourth-order valence-electron chi connectivity index (χ4n) is 3.79. The summed E-state index contributed by atoms with van der Waals surface area (Å²) in [6.45, 7) is 3.31. The van der Waals surface area contributed by atoms with Gasteiger partial charge in [-0.1, -0.05) is 0 Å². The highest BCUT2D eigenvalue weighted by Gasteiger charge is 2.21. The molecule has 5 nitrogen and oxygen atoms in total. The molecule has 1 aliphatic rings. The monoisotopic (exact) mass is 324 g/mol. The summed E-state index contributed by atoms with van der Waals surface area (Å²) in [6, 6.07) is 10.5. The minimum atomic E-state index is 0.712. The molecule has 1 fully saturated rings. The number of H-pyrrole nitrogens is 2. The Morgan fingerprint density at radius 2 is 2.21 bits per heavy atom. The van der Waals surface area contributed by atoms with Gasteiger partial charge < -0.3 is 9.72 Å². The lowest BCUT2D eigenvalue weighted by Crippen LogP contribution is -2.35. The van der Waals surface area contributed by atoms with Crippen LogP contribution in [0.25, 0.3) is 10.9 Å². The summed E-state index contributed by atoms with van der Waals surface area (Å²) in [5.41, 5.74) is 3.71. The smallest absolute Gasteiger partial charge is 0.119 e. The number of benzene rings is 1. The standard InChI is InChI=1S/C19H24N4O/c1-24-18-4-5-19-15(11-18)10-17(21-19)13-23-8-2-3-14(12-23)9-16-6-7-20-22-16/h4-7,10-11,14,21H,2-3,8-9,12-13H2,1H3,(H,20,22)/t14-/m1/s1. The molecule has 1 aromatic carbocycles. The second-order valence-corrected chi connectivity index (χ2v) is 6.78. The van der Waals surface area contributed by atoms with Gasteiger partial charge in [0.15, 0.2) is 0 Å². The number of piperidine rings is 1. The van der Waals surface area contributed by atoms with Crippen molar-refractivity contribution >= 4 is 10.9 Å². The van der Waals surface area contributed by atoms with E-state index in [4.69, 9.17) is 4.74 Å². The molecule has 5 heteroatoms. The van der Waals surface area contributed by atoms with Crippen molar-refractivity contribution in [3.8, 4) is 5.75 Å². The summed E-state index contributed by atoms with van der Waals surface area (Å²) in [6.07, 6.45) is 5.52. The van der Waals surface area contributed by atoms with Crippen molar-refractivity contribution < 1.29 is 4.74 Å². The van der Waals surface area contributed by atoms with Crippen molar-refractivity contribution in [2.75, 3.05) is 20.2 Å². The predicted molar refractivity (Wildman–Crippen MR) is 95.1 cm³/mol. The molecule has 0 unspecified atom stereocenters. The van der Waals surface area contributed by atoms with E-state index in [1.165, 1.54) is 41.7 Å². The number of fused-ring (bicyclic) bond motifs is 1. The molecule has 0 bridgehead atoms. The van der Waals surface area contributed by atoms with E-state index in [2.05, 4.69) is 44.3 Å². The Hall–Kier alpha value is -2.27. The van der Waals surface area contributed by atoms with E-state index in [1.54, 1.807) is 7.11 Å². The number of likely N-dealkylation sites (tertiary alicyclic amines) is 1. The molecule has 0 spiro atoms. The number of ether oxygens (including phenoxy) is 1. The van der Waals surface area contributed by atoms with E-state index in [0.717, 1.165) is 25.3 Å². The Labute approximate surface area is 142 Å². The molecule has 0 amide bonds. The van der Waals surface area contributed by atoms with Crippen LogP contribution in [-0.4, -0.2) is 40.3 Å². The first-order valence-corrected chi connectivity index (χ1v) is 8.66. The van der Waals surface area contributed by atoms with Crippen LogP contribution in [0.1, 0.15) is 24.2 Å². The average molecular weight is 324 g/mol. The van der Waals surface area contributed by atoms with E-state index in [-0.39, 0.29) is 0 Å². The molecular weight excluding hydrogens is 300 g/mol. The van der Waals surface area contributed by atoms with Crippen molar-refractivity contribution in [1.29, 1.82) is 0 Å². The van der Waals surface area contributed by atoms with Crippen molar-refractivity contribution in [1.82, 2.24) is 20.1 Å². The van der Waals surface area contributed by atoms with Gasteiger partial charge in [0, 0.05) is 41.6 Å². The van der Waals surface area contributed by atoms with Crippen LogP contribution in [0.15, 0.2) is 36.5 Å². The number of aromatic amines is 2. The van der Waals surface area contributed by atoms with Gasteiger partial charge in [0.2, 0.25) is 0 Å². The molecule has 126 valence electrons. The molecule has 1 atom stereocenters. The Bertz CT molecular complexity index is 793. The third-order valence-corrected chi connectivity index (χ3v) is 4.95. The van der Waals surface area contributed by atoms with E-state index in [0.29, 0.717) is 5.92 Å². The number of methoxy groups -OCH3 is 1. The molecule has 0 aliphatic carbocycles. The third-order valence-electron chi connectivity index (χ3n) is 4.95. The first-order valence-electron chi connectivity index (χ1n) is 8.66. The van der Waals surface area contributed by atoms with Gasteiger partial charge in [0.05, 0.1) is 7.11 Å². The number of hydrogen-bond acceptors (Lipinski definition) is 3. The fourth-order valence-corrected chi connectivity index (χ4v) is 3.79. The van der Waals surface area contributed by atoms with Gasteiger partial charge >= 0.3 is 0 Å². The predicted octanol–water partition coefficient (Wildman–Crippen LogP) is 3.35. The molecule has 2 N–H and O–H groups in total. The lowest BCUT2D eigenvalue weighted by molar-refractivity contribution is 0.165. The van der Waals surface area contributed by atoms with E-state index >= 15 is 0 Å². The van der Waals surface area contributed by atoms with Crippen molar-refractivity contribution in [2.24, 2.45) is 5.92 Å². The van der Waals surface area contributed by atoms with E-state index in [1.807, 2.05) is 12.3 Å². The molecule has 3 aromatic rings. The maximum absolute atomic E-state index is 5.31. The Kier molecular flexibility index (Phi) is 4.26. The van der Waals surface area contributed by atoms with Crippen LogP contribution in [0.4, 0.5) is 0 Å². The quantitative estimate of drug-likeness (QED) is 0.757. The Morgan fingerprint density at radius 3 is 3.04 bits per heavy atom. The highest BCUT2D eigenvalue weighted by Crippen LogP contribution is 2.24. The van der Waals surface area contributed by atoms with Gasteiger partial charge in [-0.2, -0.15) is 5.10 Å². The van der Waals surface area contributed by atoms with Crippen LogP contribution in [0, 0.1) is 5.92 Å². The zero-order valence-corrected chi connectivity index (χ0v) is 14.1. The number of nitrogens with zero attached hydrogens (tertiary/aromatic N) is 2. The van der Waals surface area contributed by atoms with Crippen molar-refractivity contribution in [3.05, 3.63) is 47.9 Å². The molecule has 1 aliphatic heterocycles. The van der Waals surface area contributed by atoms with Gasteiger partial charge in [-0.3, -0.25) is 10.00 Å². The van der Waals surface area contributed by atoms with Crippen LogP contribution in [0.2, 0.25) is 0 Å². The van der Waals surface area contributed by atoms with Crippen LogP contribution < -0.4 is 4.74 Å². The summed E-state index contributed by atoms with van der Waals surface area (Å²) in [7, 11) is 1.71. The van der Waals surface area contributed by atoms with E-state index in [9.17, 15) is 0 Å². The SMILES string of the molecule is COc1ccc2[nH]c(CN3CCC[C@H](Cc4ccn[nH]4)C3)cc2c1. The van der Waals surface area contributed by atoms with Gasteiger partial charge in [0.1, 0.15) is 5.75 Å². The average Bonchev–Trinajstić information content (AvgIpc) is 3.23. The largest absolute Gasteiger partial charge is 0.497 e. The lowest BCUT2D eigenvalue weighted by atomic mass is 9.93. The first kappa shape index (κ1) is 15.3. The zero-order valence-electron chi connectivity index (χ0n) is 14.1. The summed E-state index contributed by atoms with van der Waals surface area (Å²) in [5, 5.41) is 8.37. The van der Waals surface area contributed by atoms with Gasteiger partial charge in [-0.25, -0.2) is 0 Å². The van der Waals surface area contributed by atoms with Crippen LogP contribution in [0.5, 0.6) is 5.75 Å². The fraction of sp³-hybridized carbons (Fsp3) is 0.421. The highest BCUT2D eigenvalue weighted by molar-refractivity contribution is 5.81. The van der Waals surface area contributed by atoms with Crippen molar-refractivity contribution in [3.63, 3.8) is 0 Å². The molecular formula is C19H24N4O. The first-order chi connectivity index (χ1) is 11.8. The maximum Gasteiger partial charge on any atom is 0.119 e. The summed E-state index contributed by atoms with van der Waals surface area (Å²) in [4.78, 5) is 6.10. The molecule has 2 aromatic heterocycles. The summed E-state index contributed by atoms with van der Waals surface area (Å²) >= 11 is 0. The summed E-state index contributed by atoms with van der Waals surface area (Å²) < 4.78 is 5.31. The van der Waals surface area contributed by atoms with Crippen LogP contribution in [-0.2, 0) is 13.0 Å². The second kappa shape index (κ2) is 6.69. The lowest BCUT2D eigenvalue weighted by Gasteiger charge is -2.32. The number of rotatable bonds is 5. The second-order valence-electron chi connectivity index (χ2n) is 6.78. The molecule has 24 heavy (non-hydrogen) atoms. The van der Waals surface area contributed by atoms with Crippen LogP contribution >= 0.6 is 0 Å². The molecule has 0 saturated carbocycles. The summed E-state index contributed by atoms with van der Waals surface area (Å²) in [5.74, 6) is 1.62. The molecule has 1 saturated heterocycles. The Morgan fingerprint density at radius 1 is 1.25 bits per heavy atom. The maximum atomic E-state index is 5.31. The number of nitrogens with one attached hydrogen (secondary N) is 2. The molecule has 0 radical (unpaired) electrons. The number of hydrogen-bond donors (Lipinski definition) is 2. The normalized spacial score (nSPS) is 19.0. The van der Waals surface area contributed by atoms with Crippen molar-refractivity contribution in [2.45, 2.75) is 25.8 Å². The zero-order chi connectivity index (χ0) is 16.4. The number of aromatic nitrogens is 3.